The molecular formula is C6H12ClNO. The molecule has 2 atom stereocenters. The van der Waals surface area contributed by atoms with Gasteiger partial charge in [-0.05, 0) is 12.8 Å². The van der Waals surface area contributed by atoms with Gasteiger partial charge in [0.05, 0.1) is 12.2 Å². The van der Waals surface area contributed by atoms with Crippen LogP contribution in [0.3, 0.4) is 0 Å². The molecule has 0 aromatic heterocycles. The number of ether oxygens (including phenoxy) is 1. The first-order valence-corrected chi connectivity index (χ1v) is 3.31. The van der Waals surface area contributed by atoms with Gasteiger partial charge >= 0.3 is 0 Å². The number of halogens is 1. The molecule has 2 nitrogen and oxygen atoms in total. The van der Waals surface area contributed by atoms with Crippen LogP contribution < -0.4 is 5.32 Å². The molecular weight excluding hydrogens is 138 g/mol. The second kappa shape index (κ2) is 2.86. The van der Waals surface area contributed by atoms with E-state index in [2.05, 4.69) is 5.32 Å². The third kappa shape index (κ3) is 1.37. The molecule has 0 saturated carbocycles. The first-order valence-electron chi connectivity index (χ1n) is 3.31. The number of morpholine rings is 1. The molecule has 2 aliphatic heterocycles. The van der Waals surface area contributed by atoms with Crippen LogP contribution in [-0.4, -0.2) is 25.3 Å². The van der Waals surface area contributed by atoms with E-state index in [-0.39, 0.29) is 12.4 Å². The predicted octanol–water partition coefficient (Wildman–Crippen LogP) is 0.559. The summed E-state index contributed by atoms with van der Waals surface area (Å²) in [5.41, 5.74) is 0. The molecule has 0 aromatic rings. The zero-order valence-corrected chi connectivity index (χ0v) is 6.12. The van der Waals surface area contributed by atoms with E-state index >= 15 is 0 Å². The average molecular weight is 150 g/mol. The van der Waals surface area contributed by atoms with E-state index < -0.39 is 0 Å². The Morgan fingerprint density at radius 2 is 1.67 bits per heavy atom. The lowest BCUT2D eigenvalue weighted by molar-refractivity contribution is 0.0184. The molecule has 2 rings (SSSR count). The van der Waals surface area contributed by atoms with E-state index in [1.54, 1.807) is 0 Å². The van der Waals surface area contributed by atoms with Gasteiger partial charge in [0.15, 0.2) is 0 Å². The minimum Gasteiger partial charge on any atom is -0.372 e. The van der Waals surface area contributed by atoms with Crippen LogP contribution in [0, 0.1) is 0 Å². The van der Waals surface area contributed by atoms with Crippen molar-refractivity contribution in [2.45, 2.75) is 25.0 Å². The van der Waals surface area contributed by atoms with E-state index in [1.165, 1.54) is 12.8 Å². The van der Waals surface area contributed by atoms with Gasteiger partial charge in [-0.1, -0.05) is 0 Å². The molecule has 0 aliphatic carbocycles. The summed E-state index contributed by atoms with van der Waals surface area (Å²) in [6, 6.07) is 0. The maximum Gasteiger partial charge on any atom is 0.0704 e. The Kier molecular flexibility index (Phi) is 2.33. The Hall–Kier alpha value is 0.210. The third-order valence-electron chi connectivity index (χ3n) is 1.94. The van der Waals surface area contributed by atoms with Crippen LogP contribution in [0.15, 0.2) is 0 Å². The van der Waals surface area contributed by atoms with E-state index in [9.17, 15) is 0 Å². The Morgan fingerprint density at radius 3 is 2.11 bits per heavy atom. The average Bonchev–Trinajstić information content (AvgIpc) is 2.12. The minimum absolute atomic E-state index is 0. The van der Waals surface area contributed by atoms with Crippen molar-refractivity contribution in [3.05, 3.63) is 0 Å². The number of rotatable bonds is 0. The largest absolute Gasteiger partial charge is 0.372 e. The Morgan fingerprint density at radius 1 is 1.11 bits per heavy atom. The lowest BCUT2D eigenvalue weighted by Crippen LogP contribution is -2.38. The van der Waals surface area contributed by atoms with Gasteiger partial charge in [0.25, 0.3) is 0 Å². The summed E-state index contributed by atoms with van der Waals surface area (Å²) in [5, 5.41) is 3.32. The van der Waals surface area contributed by atoms with Gasteiger partial charge in [0, 0.05) is 13.1 Å². The second-order valence-corrected chi connectivity index (χ2v) is 2.62. The Bertz CT molecular complexity index is 85.1. The first kappa shape index (κ1) is 7.32. The molecule has 1 N–H and O–H groups in total. The lowest BCUT2D eigenvalue weighted by Gasteiger charge is -2.20. The van der Waals surface area contributed by atoms with Gasteiger partial charge in [0.2, 0.25) is 0 Å². The van der Waals surface area contributed by atoms with Gasteiger partial charge in [-0.25, -0.2) is 0 Å². The number of hydrogen-bond donors (Lipinski definition) is 1. The number of nitrogens with one attached hydrogen (secondary N) is 1. The van der Waals surface area contributed by atoms with Crippen LogP contribution in [0.25, 0.3) is 0 Å². The summed E-state index contributed by atoms with van der Waals surface area (Å²) in [6.45, 7) is 2.16. The first-order chi connectivity index (χ1) is 3.95. The van der Waals surface area contributed by atoms with Crippen molar-refractivity contribution in [2.24, 2.45) is 0 Å². The zero-order chi connectivity index (χ0) is 5.40. The van der Waals surface area contributed by atoms with Crippen molar-refractivity contribution in [1.82, 2.24) is 5.32 Å². The van der Waals surface area contributed by atoms with E-state index in [0.717, 1.165) is 13.1 Å². The zero-order valence-electron chi connectivity index (χ0n) is 5.30. The molecule has 0 amide bonds. The molecule has 3 heteroatoms. The highest BCUT2D eigenvalue weighted by atomic mass is 35.5. The van der Waals surface area contributed by atoms with Crippen molar-refractivity contribution >= 4 is 12.4 Å². The molecule has 0 spiro atoms. The van der Waals surface area contributed by atoms with Crippen LogP contribution in [0.1, 0.15) is 12.8 Å². The van der Waals surface area contributed by atoms with Crippen LogP contribution in [0.4, 0.5) is 0 Å². The van der Waals surface area contributed by atoms with Crippen molar-refractivity contribution in [3.8, 4) is 0 Å². The van der Waals surface area contributed by atoms with Crippen LogP contribution in [0.2, 0.25) is 0 Å². The highest BCUT2D eigenvalue weighted by molar-refractivity contribution is 5.85. The molecule has 9 heavy (non-hydrogen) atoms. The Labute approximate surface area is 61.4 Å². The van der Waals surface area contributed by atoms with Gasteiger partial charge in [-0.2, -0.15) is 0 Å². The lowest BCUT2D eigenvalue weighted by atomic mass is 10.2. The molecule has 2 aliphatic rings. The topological polar surface area (TPSA) is 21.3 Å². The van der Waals surface area contributed by atoms with Crippen molar-refractivity contribution in [2.75, 3.05) is 13.1 Å². The van der Waals surface area contributed by atoms with Gasteiger partial charge in [-0.15, -0.1) is 12.4 Å². The summed E-state index contributed by atoms with van der Waals surface area (Å²) in [4.78, 5) is 0. The van der Waals surface area contributed by atoms with Gasteiger partial charge < -0.3 is 10.1 Å². The van der Waals surface area contributed by atoms with Crippen molar-refractivity contribution in [3.63, 3.8) is 0 Å². The minimum atomic E-state index is 0. The van der Waals surface area contributed by atoms with Crippen LogP contribution in [0.5, 0.6) is 0 Å². The van der Waals surface area contributed by atoms with Gasteiger partial charge in [0.1, 0.15) is 0 Å². The van der Waals surface area contributed by atoms with E-state index in [1.807, 2.05) is 0 Å². The fourth-order valence-electron chi connectivity index (χ4n) is 1.49. The SMILES string of the molecule is C1CC2CNCC1O2.Cl. The number of fused-ring (bicyclic) bond motifs is 2. The molecule has 2 fully saturated rings. The standard InChI is InChI=1S/C6H11NO.ClH/c1-2-6-4-7-3-5(1)8-6;/h5-7H,1-4H2;1H. The van der Waals surface area contributed by atoms with Crippen molar-refractivity contribution in [1.29, 1.82) is 0 Å². The highest BCUT2D eigenvalue weighted by Crippen LogP contribution is 2.21. The smallest absolute Gasteiger partial charge is 0.0704 e. The maximum absolute atomic E-state index is 5.53. The van der Waals surface area contributed by atoms with E-state index in [0.29, 0.717) is 12.2 Å². The molecule has 2 unspecified atom stereocenters. The summed E-state index contributed by atoms with van der Waals surface area (Å²) in [5.74, 6) is 0. The summed E-state index contributed by atoms with van der Waals surface area (Å²) in [6.07, 6.45) is 3.65. The summed E-state index contributed by atoms with van der Waals surface area (Å²) >= 11 is 0. The third-order valence-corrected chi connectivity index (χ3v) is 1.94. The molecule has 2 heterocycles. The molecule has 0 aromatic carbocycles. The summed E-state index contributed by atoms with van der Waals surface area (Å²) < 4.78 is 5.53. The highest BCUT2D eigenvalue weighted by Gasteiger charge is 2.28. The molecule has 54 valence electrons. The van der Waals surface area contributed by atoms with E-state index in [4.69, 9.17) is 4.74 Å². The fraction of sp³-hybridized carbons (Fsp3) is 1.00. The van der Waals surface area contributed by atoms with Gasteiger partial charge in [-0.3, -0.25) is 0 Å². The molecule has 2 bridgehead atoms. The number of hydrogen-bond acceptors (Lipinski definition) is 2. The predicted molar refractivity (Wildman–Crippen MR) is 38.0 cm³/mol. The Balaban J connectivity index is 0.000000405. The van der Waals surface area contributed by atoms with Crippen molar-refractivity contribution < 1.29 is 4.74 Å². The summed E-state index contributed by atoms with van der Waals surface area (Å²) in [7, 11) is 0. The normalized spacial score (nSPS) is 40.0. The quantitative estimate of drug-likeness (QED) is 0.544. The monoisotopic (exact) mass is 149 g/mol. The molecule has 0 radical (unpaired) electrons. The van der Waals surface area contributed by atoms with Crippen LogP contribution >= 0.6 is 12.4 Å². The fourth-order valence-corrected chi connectivity index (χ4v) is 1.49. The second-order valence-electron chi connectivity index (χ2n) is 2.62. The molecule has 2 saturated heterocycles. The maximum atomic E-state index is 5.53. The van der Waals surface area contributed by atoms with Crippen LogP contribution in [-0.2, 0) is 4.74 Å².